The van der Waals surface area contributed by atoms with Crippen molar-refractivity contribution >= 4 is 5.97 Å². The predicted octanol–water partition coefficient (Wildman–Crippen LogP) is 2.35. The molecule has 0 atom stereocenters. The molecule has 0 radical (unpaired) electrons. The molecule has 0 spiro atoms. The standard InChI is InChI=1S/C22H22N2O4/c1-23-18(13-20(25)24(2)22(23)27)15-28-21(26)14-19(16-9-5-3-6-10-16)17-11-7-4-8-12-17/h3-13,19H,14-15H2,1-2H3. The second-order valence-corrected chi connectivity index (χ2v) is 6.61. The first-order valence-corrected chi connectivity index (χ1v) is 8.99. The second-order valence-electron chi connectivity index (χ2n) is 6.61. The predicted molar refractivity (Wildman–Crippen MR) is 106 cm³/mol. The summed E-state index contributed by atoms with van der Waals surface area (Å²) in [5.41, 5.74) is 1.52. The highest BCUT2D eigenvalue weighted by molar-refractivity contribution is 5.71. The lowest BCUT2D eigenvalue weighted by atomic mass is 9.89. The zero-order chi connectivity index (χ0) is 20.1. The number of carbonyl (C=O) groups is 1. The van der Waals surface area contributed by atoms with Gasteiger partial charge in [0, 0.05) is 26.1 Å². The molecule has 6 heteroatoms. The fraction of sp³-hybridized carbons (Fsp3) is 0.227. The van der Waals surface area contributed by atoms with Crippen LogP contribution in [0, 0.1) is 0 Å². The van der Waals surface area contributed by atoms with Crippen molar-refractivity contribution in [1.82, 2.24) is 9.13 Å². The summed E-state index contributed by atoms with van der Waals surface area (Å²) in [5.74, 6) is -0.534. The van der Waals surface area contributed by atoms with Crippen LogP contribution < -0.4 is 11.2 Å². The maximum atomic E-state index is 12.5. The van der Waals surface area contributed by atoms with Gasteiger partial charge in [-0.25, -0.2) is 4.79 Å². The molecule has 0 saturated carbocycles. The highest BCUT2D eigenvalue weighted by Crippen LogP contribution is 2.28. The Hall–Kier alpha value is -3.41. The van der Waals surface area contributed by atoms with Gasteiger partial charge in [0.1, 0.15) is 6.61 Å². The van der Waals surface area contributed by atoms with Crippen molar-refractivity contribution in [1.29, 1.82) is 0 Å². The van der Waals surface area contributed by atoms with Gasteiger partial charge in [-0.1, -0.05) is 60.7 Å². The molecule has 3 rings (SSSR count). The van der Waals surface area contributed by atoms with Crippen LogP contribution >= 0.6 is 0 Å². The number of benzene rings is 2. The van der Waals surface area contributed by atoms with Crippen molar-refractivity contribution in [2.24, 2.45) is 14.1 Å². The number of rotatable bonds is 6. The Balaban J connectivity index is 1.77. The third kappa shape index (κ3) is 4.28. The summed E-state index contributed by atoms with van der Waals surface area (Å²) in [7, 11) is 2.95. The Kier molecular flexibility index (Phi) is 5.89. The first-order chi connectivity index (χ1) is 13.5. The van der Waals surface area contributed by atoms with E-state index in [0.717, 1.165) is 15.7 Å². The van der Waals surface area contributed by atoms with Gasteiger partial charge in [-0.3, -0.25) is 18.7 Å². The fourth-order valence-corrected chi connectivity index (χ4v) is 3.10. The molecule has 144 valence electrons. The Labute approximate surface area is 162 Å². The number of hydrogen-bond donors (Lipinski definition) is 0. The summed E-state index contributed by atoms with van der Waals surface area (Å²) in [6.07, 6.45) is 0.160. The number of nitrogens with zero attached hydrogens (tertiary/aromatic N) is 2. The molecule has 28 heavy (non-hydrogen) atoms. The SMILES string of the molecule is Cn1c(COC(=O)CC(c2ccccc2)c2ccccc2)cc(=O)n(C)c1=O. The van der Waals surface area contributed by atoms with E-state index in [9.17, 15) is 14.4 Å². The second kappa shape index (κ2) is 8.52. The molecule has 6 nitrogen and oxygen atoms in total. The minimum atomic E-state index is -0.454. The lowest BCUT2D eigenvalue weighted by molar-refractivity contribution is -0.145. The molecule has 0 unspecified atom stereocenters. The largest absolute Gasteiger partial charge is 0.459 e. The molecule has 0 aliphatic heterocycles. The van der Waals surface area contributed by atoms with E-state index in [1.54, 1.807) is 7.05 Å². The summed E-state index contributed by atoms with van der Waals surface area (Å²) >= 11 is 0. The zero-order valence-corrected chi connectivity index (χ0v) is 15.9. The molecule has 0 aliphatic carbocycles. The highest BCUT2D eigenvalue weighted by Gasteiger charge is 2.19. The minimum Gasteiger partial charge on any atom is -0.459 e. The maximum Gasteiger partial charge on any atom is 0.330 e. The first-order valence-electron chi connectivity index (χ1n) is 8.99. The normalized spacial score (nSPS) is 10.8. The van der Waals surface area contributed by atoms with Gasteiger partial charge in [0.25, 0.3) is 5.56 Å². The van der Waals surface area contributed by atoms with Crippen LogP contribution in [-0.4, -0.2) is 15.1 Å². The van der Waals surface area contributed by atoms with Gasteiger partial charge in [-0.05, 0) is 11.1 Å². The quantitative estimate of drug-likeness (QED) is 0.618. The Morgan fingerprint density at radius 3 is 1.96 bits per heavy atom. The van der Waals surface area contributed by atoms with E-state index in [1.165, 1.54) is 17.7 Å². The minimum absolute atomic E-state index is 0.128. The first kappa shape index (κ1) is 19.4. The summed E-state index contributed by atoms with van der Waals surface area (Å²) in [4.78, 5) is 36.3. The fourth-order valence-electron chi connectivity index (χ4n) is 3.10. The van der Waals surface area contributed by atoms with Gasteiger partial charge < -0.3 is 4.74 Å². The van der Waals surface area contributed by atoms with Crippen LogP contribution in [0.5, 0.6) is 0 Å². The van der Waals surface area contributed by atoms with Gasteiger partial charge in [0.15, 0.2) is 0 Å². The van der Waals surface area contributed by atoms with E-state index in [4.69, 9.17) is 4.74 Å². The van der Waals surface area contributed by atoms with Crippen LogP contribution in [0.3, 0.4) is 0 Å². The van der Waals surface area contributed by atoms with Gasteiger partial charge in [-0.15, -0.1) is 0 Å². The van der Waals surface area contributed by atoms with Crippen LogP contribution in [0.15, 0.2) is 76.3 Å². The lowest BCUT2D eigenvalue weighted by Crippen LogP contribution is -2.38. The molecule has 0 amide bonds. The van der Waals surface area contributed by atoms with Crippen molar-refractivity contribution in [3.8, 4) is 0 Å². The zero-order valence-electron chi connectivity index (χ0n) is 15.9. The molecule has 3 aromatic rings. The van der Waals surface area contributed by atoms with Crippen LogP contribution in [0.4, 0.5) is 0 Å². The van der Waals surface area contributed by atoms with E-state index >= 15 is 0 Å². The average molecular weight is 378 g/mol. The smallest absolute Gasteiger partial charge is 0.330 e. The third-order valence-electron chi connectivity index (χ3n) is 4.78. The average Bonchev–Trinajstić information content (AvgIpc) is 2.73. The van der Waals surface area contributed by atoms with Crippen molar-refractivity contribution in [2.45, 2.75) is 18.9 Å². The number of aromatic nitrogens is 2. The highest BCUT2D eigenvalue weighted by atomic mass is 16.5. The van der Waals surface area contributed by atoms with E-state index in [1.807, 2.05) is 60.7 Å². The number of carbonyl (C=O) groups excluding carboxylic acids is 1. The Morgan fingerprint density at radius 2 is 1.43 bits per heavy atom. The summed E-state index contributed by atoms with van der Waals surface area (Å²) in [6, 6.07) is 20.8. The molecule has 1 heterocycles. The number of esters is 1. The lowest BCUT2D eigenvalue weighted by Gasteiger charge is -2.18. The van der Waals surface area contributed by atoms with Gasteiger partial charge >= 0.3 is 11.7 Å². The van der Waals surface area contributed by atoms with Crippen molar-refractivity contribution in [3.05, 3.63) is 104 Å². The van der Waals surface area contributed by atoms with Gasteiger partial charge in [0.05, 0.1) is 12.1 Å². The van der Waals surface area contributed by atoms with Crippen LogP contribution in [0.25, 0.3) is 0 Å². The molecule has 1 aromatic heterocycles. The van der Waals surface area contributed by atoms with Crippen LogP contribution in [-0.2, 0) is 30.2 Å². The van der Waals surface area contributed by atoms with E-state index < -0.39 is 17.2 Å². The molecule has 0 N–H and O–H groups in total. The topological polar surface area (TPSA) is 70.3 Å². The molecule has 0 fully saturated rings. The van der Waals surface area contributed by atoms with E-state index in [-0.39, 0.29) is 18.9 Å². The van der Waals surface area contributed by atoms with Crippen molar-refractivity contribution in [2.75, 3.05) is 0 Å². The summed E-state index contributed by atoms with van der Waals surface area (Å²) in [5, 5.41) is 0. The van der Waals surface area contributed by atoms with Crippen molar-refractivity contribution < 1.29 is 9.53 Å². The molecular formula is C22H22N2O4. The third-order valence-corrected chi connectivity index (χ3v) is 4.78. The van der Waals surface area contributed by atoms with E-state index in [0.29, 0.717) is 5.69 Å². The molecule has 0 aliphatic rings. The number of ether oxygens (including phenoxy) is 1. The van der Waals surface area contributed by atoms with Gasteiger partial charge in [0.2, 0.25) is 0 Å². The Bertz CT molecular complexity index is 1030. The van der Waals surface area contributed by atoms with Crippen molar-refractivity contribution in [3.63, 3.8) is 0 Å². The van der Waals surface area contributed by atoms with Gasteiger partial charge in [-0.2, -0.15) is 0 Å². The van der Waals surface area contributed by atoms with E-state index in [2.05, 4.69) is 0 Å². The number of hydrogen-bond acceptors (Lipinski definition) is 4. The molecule has 0 saturated heterocycles. The van der Waals surface area contributed by atoms with Crippen LogP contribution in [0.2, 0.25) is 0 Å². The molecule has 0 bridgehead atoms. The molecular weight excluding hydrogens is 356 g/mol. The summed E-state index contributed by atoms with van der Waals surface area (Å²) in [6.45, 7) is -0.128. The monoisotopic (exact) mass is 378 g/mol. The maximum absolute atomic E-state index is 12.5. The summed E-state index contributed by atoms with van der Waals surface area (Å²) < 4.78 is 7.70. The molecule has 2 aromatic carbocycles. The Morgan fingerprint density at radius 1 is 0.893 bits per heavy atom. The van der Waals surface area contributed by atoms with Crippen LogP contribution in [0.1, 0.15) is 29.2 Å².